The number of hydrogen-bond acceptors (Lipinski definition) is 18. The summed E-state index contributed by atoms with van der Waals surface area (Å²) in [7, 11) is -18.5. The topological polar surface area (TPSA) is 428 Å². The van der Waals surface area contributed by atoms with E-state index in [9.17, 15) is 0 Å². The Balaban J connectivity index is -0.000000154. The Hall–Kier alpha value is -4.92. The fourth-order valence-electron chi connectivity index (χ4n) is 0.795. The van der Waals surface area contributed by atoms with E-state index in [0.717, 1.165) is 89.4 Å². The number of hydrogen-bond donors (Lipinski definition) is 0. The molecule has 0 fully saturated rings. The average molecular weight is 924 g/mol. The molecule has 0 spiro atoms. The van der Waals surface area contributed by atoms with Gasteiger partial charge >= 0.3 is 298 Å². The third-order valence-corrected chi connectivity index (χ3v) is 14.7. The molecule has 194 valence electrons. The molecule has 0 aliphatic carbocycles. The van der Waals surface area contributed by atoms with E-state index in [1.54, 1.807) is 0 Å². The zero-order chi connectivity index (χ0) is 32.0. The quantitative estimate of drug-likeness (QED) is 0.295. The summed E-state index contributed by atoms with van der Waals surface area (Å²) in [6, 6.07) is 0. The fourth-order valence-corrected chi connectivity index (χ4v) is 3.28. The molecule has 2 radical (unpaired) electrons. The number of nitrogens with zero attached hydrogens (tertiary/aromatic N) is 18. The van der Waals surface area contributed by atoms with Gasteiger partial charge in [-0.25, -0.2) is 0 Å². The van der Waals surface area contributed by atoms with Gasteiger partial charge in [0.15, 0.2) is 0 Å². The van der Waals surface area contributed by atoms with Gasteiger partial charge in [0.05, 0.1) is 0 Å². The monoisotopic (exact) mass is 920 g/mol. The van der Waals surface area contributed by atoms with Crippen LogP contribution in [-0.2, 0) is 32.2 Å². The summed E-state index contributed by atoms with van der Waals surface area (Å²) in [5.41, 5.74) is 0. The Morgan fingerprint density at radius 1 is 0.171 bits per heavy atom. The predicted molar refractivity (Wildman–Crippen MR) is 101 cm³/mol. The molecule has 0 atom stereocenters. The third kappa shape index (κ3) is 5.30. The van der Waals surface area contributed by atoms with E-state index in [1.807, 2.05) is 0 Å². The summed E-state index contributed by atoms with van der Waals surface area (Å²) in [4.78, 5) is 18.6. The Kier molecular flexibility index (Phi) is 13.5. The van der Waals surface area contributed by atoms with Crippen LogP contribution in [0.1, 0.15) is 0 Å². The molecule has 0 heterocycles. The van der Waals surface area contributed by atoms with E-state index in [1.165, 1.54) is 0 Å². The van der Waals surface area contributed by atoms with Crippen LogP contribution in [0.15, 0.2) is 0 Å². The normalized spacial score (nSPS) is 12.7. The van der Waals surface area contributed by atoms with E-state index < -0.39 is 32.2 Å². The zero-order valence-electron chi connectivity index (χ0n) is 19.1. The minimum atomic E-state index is -6.17. The van der Waals surface area contributed by atoms with Crippen LogP contribution in [0.4, 0.5) is 0 Å². The number of rotatable bonds is 0. The molecular weight excluding hydrogens is 924 g/mol. The molecule has 23 heteroatoms. The summed E-state index contributed by atoms with van der Waals surface area (Å²) < 4.78 is 0. The Labute approximate surface area is 293 Å². The first-order valence-electron chi connectivity index (χ1n) is 7.21. The molecule has 0 aromatic rings. The van der Waals surface area contributed by atoms with Crippen LogP contribution in [0.2, 0.25) is 0 Å². The van der Waals surface area contributed by atoms with Crippen molar-refractivity contribution in [1.29, 1.82) is 94.7 Å². The molecule has 0 unspecified atom stereocenters. The van der Waals surface area contributed by atoms with Crippen molar-refractivity contribution in [2.45, 2.75) is 0 Å². The van der Waals surface area contributed by atoms with Crippen molar-refractivity contribution in [1.82, 2.24) is 0 Å². The number of nitriles is 18. The van der Waals surface area contributed by atoms with Crippen LogP contribution in [0.3, 0.4) is 0 Å². The van der Waals surface area contributed by atoms with Crippen LogP contribution in [0, 0.1) is 266 Å². The molecule has 0 saturated heterocycles. The Bertz CT molecular complexity index is 1410. The molecule has 0 amide bonds. The smallest absolute Gasteiger partial charge is 3.00 e. The molecule has 0 aromatic heterocycles. The molecule has 41 heavy (non-hydrogen) atoms. The Morgan fingerprint density at radius 3 is 0.220 bits per heavy atom. The minimum Gasteiger partial charge on any atom is 3.00 e. The molecule has 0 aliphatic rings. The van der Waals surface area contributed by atoms with Crippen molar-refractivity contribution in [3.8, 4) is 89.4 Å². The van der Waals surface area contributed by atoms with Crippen molar-refractivity contribution < 1.29 is 114 Å². The molecule has 0 N–H and O–H groups in total. The maximum absolute atomic E-state index is 8.58. The van der Waals surface area contributed by atoms with Crippen LogP contribution < -0.4 is 0 Å². The van der Waals surface area contributed by atoms with Crippen molar-refractivity contribution >= 4 is 0 Å². The Morgan fingerprint density at radius 2 is 0.220 bits per heavy atom. The zero-order valence-corrected chi connectivity index (χ0v) is 28.8. The molecule has 0 bridgehead atoms. The van der Waals surface area contributed by atoms with Gasteiger partial charge in [-0.3, -0.25) is 0 Å². The maximum atomic E-state index is 8.58. The second-order valence-electron chi connectivity index (χ2n) is 5.40. The first-order chi connectivity index (χ1) is 17.9. The van der Waals surface area contributed by atoms with Crippen molar-refractivity contribution in [2.75, 3.05) is 0 Å². The van der Waals surface area contributed by atoms with E-state index >= 15 is 0 Å². The standard InChI is InChI=1S/18CN.3Fe.2Nd/c18*1-2;;;;;/q;;;;;;;;;;;;;;;;;;3*-2;2*+3. The van der Waals surface area contributed by atoms with Gasteiger partial charge in [0.1, 0.15) is 0 Å². The SMILES string of the molecule is N#[C][Fe-2]([C]#N)([C]#N)([C]#N)([C]#N)[C]#N.N#[C][Fe-2]([C]#N)([C]#N)([C]#N)([C]#N)[C]#N.N#[C][Fe-2]([C]#N)([C]#N)([C]#N)([C]#N)[C]#N.[Nd+3].[Nd+3]. The summed E-state index contributed by atoms with van der Waals surface area (Å²) in [5.74, 6) is 0. The second kappa shape index (κ2) is 12.1. The molecule has 0 rings (SSSR count). The second-order valence-corrected chi connectivity index (χ2v) is 22.3. The first kappa shape index (κ1) is 46.0. The maximum Gasteiger partial charge on any atom is 3.00 e. The van der Waals surface area contributed by atoms with Gasteiger partial charge in [-0.15, -0.1) is 0 Å². The van der Waals surface area contributed by atoms with Crippen LogP contribution >= 0.6 is 0 Å². The van der Waals surface area contributed by atoms with Gasteiger partial charge in [-0.05, 0) is 0 Å². The summed E-state index contributed by atoms with van der Waals surface area (Å²) in [5, 5.41) is 154. The van der Waals surface area contributed by atoms with Gasteiger partial charge in [0.25, 0.3) is 0 Å². The van der Waals surface area contributed by atoms with E-state index in [-0.39, 0.29) is 81.7 Å². The van der Waals surface area contributed by atoms with E-state index in [2.05, 4.69) is 0 Å². The van der Waals surface area contributed by atoms with Crippen molar-refractivity contribution in [2.24, 2.45) is 0 Å². The molecule has 0 aliphatic heterocycles. The van der Waals surface area contributed by atoms with Gasteiger partial charge in [-0.2, -0.15) is 0 Å². The predicted octanol–water partition coefficient (Wildman–Crippen LogP) is 0.295. The fraction of sp³-hybridized carbons (Fsp3) is 0. The van der Waals surface area contributed by atoms with E-state index in [4.69, 9.17) is 94.7 Å². The average Bonchev–Trinajstić information content (AvgIpc) is 3.06. The summed E-state index contributed by atoms with van der Waals surface area (Å²) >= 11 is 0. The van der Waals surface area contributed by atoms with Crippen LogP contribution in [0.25, 0.3) is 0 Å². The van der Waals surface area contributed by atoms with Crippen molar-refractivity contribution in [3.05, 3.63) is 0 Å². The van der Waals surface area contributed by atoms with Crippen LogP contribution in [0.5, 0.6) is 0 Å². The largest absolute Gasteiger partial charge is 3.00 e. The van der Waals surface area contributed by atoms with Gasteiger partial charge < -0.3 is 0 Å². The summed E-state index contributed by atoms with van der Waals surface area (Å²) in [6.45, 7) is 0. The molecular formula is C18Fe3N18Nd2. The summed E-state index contributed by atoms with van der Waals surface area (Å²) in [6.07, 6.45) is 0. The van der Waals surface area contributed by atoms with Crippen LogP contribution in [-0.4, -0.2) is 0 Å². The van der Waals surface area contributed by atoms with Gasteiger partial charge in [-0.1, -0.05) is 0 Å². The molecule has 18 nitrogen and oxygen atoms in total. The third-order valence-electron chi connectivity index (χ3n) is 3.56. The van der Waals surface area contributed by atoms with E-state index in [0.29, 0.717) is 0 Å². The molecule has 0 saturated carbocycles. The first-order valence-corrected chi connectivity index (χ1v) is 17.1. The molecule has 0 aromatic carbocycles. The van der Waals surface area contributed by atoms with Crippen molar-refractivity contribution in [3.63, 3.8) is 0 Å². The minimum absolute atomic E-state index is 0. The van der Waals surface area contributed by atoms with Gasteiger partial charge in [0, 0.05) is 0 Å². The van der Waals surface area contributed by atoms with Gasteiger partial charge in [0.2, 0.25) is 0 Å².